The molecular weight excluding hydrogens is 348 g/mol. The molecule has 2 N–H and O–H groups in total. The van der Waals surface area contributed by atoms with Crippen LogP contribution >= 0.6 is 0 Å². The number of amides is 2. The van der Waals surface area contributed by atoms with Crippen LogP contribution in [0.2, 0.25) is 0 Å². The van der Waals surface area contributed by atoms with Gasteiger partial charge in [-0.1, -0.05) is 6.07 Å². The Morgan fingerprint density at radius 3 is 2.70 bits per heavy atom. The van der Waals surface area contributed by atoms with E-state index in [2.05, 4.69) is 15.3 Å². The van der Waals surface area contributed by atoms with Crippen LogP contribution in [0.4, 0.5) is 5.69 Å². The molecule has 0 saturated carbocycles. The second kappa shape index (κ2) is 7.94. The molecule has 1 aromatic heterocycles. The average Bonchev–Trinajstić information content (AvgIpc) is 2.68. The smallest absolute Gasteiger partial charge is 0.326 e. The molecule has 8 heteroatoms. The highest BCUT2D eigenvalue weighted by molar-refractivity contribution is 6.04. The largest absolute Gasteiger partial charge is 0.480 e. The fraction of sp³-hybridized carbons (Fsp3) is 0.316. The molecule has 27 heavy (non-hydrogen) atoms. The molecule has 3 rings (SSSR count). The summed E-state index contributed by atoms with van der Waals surface area (Å²) in [6, 6.07) is 5.63. The first kappa shape index (κ1) is 18.5. The van der Waals surface area contributed by atoms with Gasteiger partial charge in [-0.25, -0.2) is 9.78 Å². The van der Waals surface area contributed by atoms with Crippen LogP contribution in [-0.2, 0) is 4.79 Å². The van der Waals surface area contributed by atoms with Crippen molar-refractivity contribution in [2.45, 2.75) is 32.2 Å². The van der Waals surface area contributed by atoms with E-state index in [0.717, 1.165) is 12.8 Å². The van der Waals surface area contributed by atoms with Crippen molar-refractivity contribution in [3.05, 3.63) is 53.6 Å². The van der Waals surface area contributed by atoms with Crippen LogP contribution < -0.4 is 5.32 Å². The van der Waals surface area contributed by atoms with Crippen LogP contribution in [0.1, 0.15) is 45.8 Å². The maximum atomic E-state index is 12.8. The topological polar surface area (TPSA) is 112 Å². The number of carbonyl (C=O) groups is 3. The highest BCUT2D eigenvalue weighted by atomic mass is 16.4. The number of benzene rings is 1. The molecule has 1 aliphatic rings. The lowest BCUT2D eigenvalue weighted by Crippen LogP contribution is -2.48. The number of nitrogens with zero attached hydrogens (tertiary/aromatic N) is 3. The molecule has 0 radical (unpaired) electrons. The summed E-state index contributed by atoms with van der Waals surface area (Å²) in [5.41, 5.74) is 1.63. The lowest BCUT2D eigenvalue weighted by molar-refractivity contribution is -0.143. The summed E-state index contributed by atoms with van der Waals surface area (Å²) in [5.74, 6) is -1.78. The molecule has 0 aliphatic carbocycles. The van der Waals surface area contributed by atoms with E-state index < -0.39 is 17.9 Å². The SMILES string of the molecule is Cc1cnc(C(=O)Nc2cccc(C(=O)N3CCCCC3C(=O)O)c2)cn1. The van der Waals surface area contributed by atoms with Crippen LogP contribution in [0.3, 0.4) is 0 Å². The van der Waals surface area contributed by atoms with Gasteiger partial charge < -0.3 is 15.3 Å². The molecule has 1 saturated heterocycles. The number of nitrogens with one attached hydrogen (secondary N) is 1. The van der Waals surface area contributed by atoms with Crippen molar-refractivity contribution in [2.75, 3.05) is 11.9 Å². The lowest BCUT2D eigenvalue weighted by atomic mass is 10.0. The van der Waals surface area contributed by atoms with Gasteiger partial charge >= 0.3 is 5.97 Å². The van der Waals surface area contributed by atoms with Gasteiger partial charge in [0.1, 0.15) is 11.7 Å². The minimum absolute atomic E-state index is 0.166. The zero-order valence-electron chi connectivity index (χ0n) is 14.9. The lowest BCUT2D eigenvalue weighted by Gasteiger charge is -2.33. The van der Waals surface area contributed by atoms with E-state index in [1.807, 2.05) is 0 Å². The van der Waals surface area contributed by atoms with Crippen molar-refractivity contribution in [3.8, 4) is 0 Å². The van der Waals surface area contributed by atoms with Crippen molar-refractivity contribution in [1.82, 2.24) is 14.9 Å². The van der Waals surface area contributed by atoms with Gasteiger partial charge in [-0.2, -0.15) is 0 Å². The summed E-state index contributed by atoms with van der Waals surface area (Å²) in [6.07, 6.45) is 4.89. The Morgan fingerprint density at radius 1 is 1.19 bits per heavy atom. The molecule has 2 amide bonds. The Kier molecular flexibility index (Phi) is 5.44. The number of carboxylic acid groups (broad SMARTS) is 1. The number of aryl methyl sites for hydroxylation is 1. The number of carboxylic acids is 1. The van der Waals surface area contributed by atoms with Gasteiger partial charge in [-0.05, 0) is 44.4 Å². The molecule has 2 heterocycles. The van der Waals surface area contributed by atoms with Gasteiger partial charge in [0, 0.05) is 24.0 Å². The first-order valence-corrected chi connectivity index (χ1v) is 8.69. The number of hydrogen-bond acceptors (Lipinski definition) is 5. The molecule has 2 aromatic rings. The predicted octanol–water partition coefficient (Wildman–Crippen LogP) is 2.12. The van der Waals surface area contributed by atoms with Gasteiger partial charge in [0.15, 0.2) is 0 Å². The van der Waals surface area contributed by atoms with Crippen molar-refractivity contribution in [1.29, 1.82) is 0 Å². The van der Waals surface area contributed by atoms with Crippen LogP contribution in [0.25, 0.3) is 0 Å². The summed E-state index contributed by atoms with van der Waals surface area (Å²) in [7, 11) is 0. The number of anilines is 1. The second-order valence-electron chi connectivity index (χ2n) is 6.43. The molecule has 8 nitrogen and oxygen atoms in total. The third-order valence-electron chi connectivity index (χ3n) is 4.43. The van der Waals surface area contributed by atoms with Gasteiger partial charge in [0.2, 0.25) is 0 Å². The third kappa shape index (κ3) is 4.28. The van der Waals surface area contributed by atoms with Gasteiger partial charge in [-0.3, -0.25) is 14.6 Å². The van der Waals surface area contributed by atoms with E-state index in [0.29, 0.717) is 29.9 Å². The normalized spacial score (nSPS) is 16.6. The van der Waals surface area contributed by atoms with E-state index >= 15 is 0 Å². The number of piperidine rings is 1. The third-order valence-corrected chi connectivity index (χ3v) is 4.43. The quantitative estimate of drug-likeness (QED) is 0.855. The van der Waals surface area contributed by atoms with Crippen molar-refractivity contribution >= 4 is 23.5 Å². The molecule has 1 atom stereocenters. The summed E-state index contributed by atoms with van der Waals surface area (Å²) < 4.78 is 0. The summed E-state index contributed by atoms with van der Waals surface area (Å²) in [5, 5.41) is 12.0. The highest BCUT2D eigenvalue weighted by Gasteiger charge is 2.32. The van der Waals surface area contributed by atoms with Crippen LogP contribution in [0, 0.1) is 6.92 Å². The maximum Gasteiger partial charge on any atom is 0.326 e. The molecule has 1 unspecified atom stereocenters. The Balaban J connectivity index is 1.76. The van der Waals surface area contributed by atoms with Crippen molar-refractivity contribution < 1.29 is 19.5 Å². The standard InChI is InChI=1S/C19H20N4O4/c1-12-10-21-15(11-20-12)17(24)22-14-6-4-5-13(9-14)18(25)23-8-3-2-7-16(23)19(26)27/h4-6,9-11,16H,2-3,7-8H2,1H3,(H,22,24)(H,26,27). The first-order valence-electron chi connectivity index (χ1n) is 8.69. The number of aromatic nitrogens is 2. The summed E-state index contributed by atoms with van der Waals surface area (Å²) >= 11 is 0. The van der Waals surface area contributed by atoms with Crippen LogP contribution in [-0.4, -0.2) is 50.3 Å². The predicted molar refractivity (Wildman–Crippen MR) is 97.5 cm³/mol. The van der Waals surface area contributed by atoms with Crippen LogP contribution in [0.15, 0.2) is 36.7 Å². The Labute approximate surface area is 156 Å². The number of carbonyl (C=O) groups excluding carboxylic acids is 2. The summed E-state index contributed by atoms with van der Waals surface area (Å²) in [6.45, 7) is 2.18. The minimum atomic E-state index is -0.995. The zero-order valence-corrected chi connectivity index (χ0v) is 14.9. The fourth-order valence-electron chi connectivity index (χ4n) is 3.03. The Bertz CT molecular complexity index is 866. The number of likely N-dealkylation sites (tertiary alicyclic amines) is 1. The molecule has 1 aliphatic heterocycles. The van der Waals surface area contributed by atoms with E-state index in [1.165, 1.54) is 23.4 Å². The van der Waals surface area contributed by atoms with E-state index in [9.17, 15) is 19.5 Å². The van der Waals surface area contributed by atoms with Gasteiger partial charge in [0.05, 0.1) is 11.9 Å². The number of hydrogen-bond donors (Lipinski definition) is 2. The molecular formula is C19H20N4O4. The second-order valence-corrected chi connectivity index (χ2v) is 6.43. The molecule has 0 spiro atoms. The van der Waals surface area contributed by atoms with E-state index in [4.69, 9.17) is 0 Å². The van der Waals surface area contributed by atoms with Gasteiger partial charge in [-0.15, -0.1) is 0 Å². The van der Waals surface area contributed by atoms with E-state index in [-0.39, 0.29) is 11.6 Å². The fourth-order valence-corrected chi connectivity index (χ4v) is 3.03. The average molecular weight is 368 g/mol. The number of rotatable bonds is 4. The first-order chi connectivity index (χ1) is 13.0. The molecule has 0 bridgehead atoms. The number of aliphatic carboxylic acids is 1. The Morgan fingerprint density at radius 2 is 2.00 bits per heavy atom. The minimum Gasteiger partial charge on any atom is -0.480 e. The highest BCUT2D eigenvalue weighted by Crippen LogP contribution is 2.21. The molecule has 1 fully saturated rings. The Hall–Kier alpha value is -3.29. The van der Waals surface area contributed by atoms with Crippen LogP contribution in [0.5, 0.6) is 0 Å². The van der Waals surface area contributed by atoms with Crippen molar-refractivity contribution in [2.24, 2.45) is 0 Å². The molecule has 140 valence electrons. The summed E-state index contributed by atoms with van der Waals surface area (Å²) in [4.78, 5) is 45.9. The zero-order chi connectivity index (χ0) is 19.4. The van der Waals surface area contributed by atoms with Gasteiger partial charge in [0.25, 0.3) is 11.8 Å². The van der Waals surface area contributed by atoms with E-state index in [1.54, 1.807) is 25.1 Å². The van der Waals surface area contributed by atoms with Crippen molar-refractivity contribution in [3.63, 3.8) is 0 Å². The monoisotopic (exact) mass is 368 g/mol. The molecule has 1 aromatic carbocycles. The maximum absolute atomic E-state index is 12.8.